The first-order valence-electron chi connectivity index (χ1n) is 5.96. The summed E-state index contributed by atoms with van der Waals surface area (Å²) < 4.78 is 27.4. The van der Waals surface area contributed by atoms with Crippen molar-refractivity contribution in [3.8, 4) is 0 Å². The van der Waals surface area contributed by atoms with E-state index < -0.39 is 11.6 Å². The molecule has 1 heterocycles. The fourth-order valence-corrected chi connectivity index (χ4v) is 3.09. The van der Waals surface area contributed by atoms with Crippen molar-refractivity contribution in [1.29, 1.82) is 0 Å². The van der Waals surface area contributed by atoms with Crippen molar-refractivity contribution in [1.82, 2.24) is 0 Å². The summed E-state index contributed by atoms with van der Waals surface area (Å²) in [6, 6.07) is 2.02. The highest BCUT2D eigenvalue weighted by Gasteiger charge is 2.32. The van der Waals surface area contributed by atoms with Gasteiger partial charge in [0.25, 0.3) is 0 Å². The van der Waals surface area contributed by atoms with E-state index in [0.29, 0.717) is 12.3 Å². The van der Waals surface area contributed by atoms with E-state index >= 15 is 0 Å². The first-order valence-corrected chi connectivity index (χ1v) is 7.74. The van der Waals surface area contributed by atoms with Crippen LogP contribution in [0.15, 0.2) is 16.6 Å². The van der Waals surface area contributed by atoms with Gasteiger partial charge in [0.2, 0.25) is 5.91 Å². The fraction of sp³-hybridized carbons (Fsp3) is 0.385. The highest BCUT2D eigenvalue weighted by Crippen LogP contribution is 2.32. The minimum atomic E-state index is -0.647. The average molecular weight is 364 g/mol. The predicted octanol–water partition coefficient (Wildman–Crippen LogP) is 3.36. The van der Waals surface area contributed by atoms with Crippen molar-refractivity contribution in [3.05, 3.63) is 28.2 Å². The van der Waals surface area contributed by atoms with Crippen LogP contribution < -0.4 is 4.90 Å². The molecule has 0 aromatic heterocycles. The zero-order valence-corrected chi connectivity index (χ0v) is 13.1. The molecule has 1 unspecified atom stereocenters. The number of hydrogen-bond acceptors (Lipinski definition) is 3. The van der Waals surface area contributed by atoms with Gasteiger partial charge in [0.05, 0.1) is 10.2 Å². The van der Waals surface area contributed by atoms with Gasteiger partial charge in [0.1, 0.15) is 11.6 Å². The van der Waals surface area contributed by atoms with E-state index in [2.05, 4.69) is 15.9 Å². The smallest absolute Gasteiger partial charge is 0.227 e. The molecule has 7 heteroatoms. The zero-order chi connectivity index (χ0) is 14.9. The quantitative estimate of drug-likeness (QED) is 0.772. The second-order valence-corrected chi connectivity index (χ2v) is 6.65. The molecular formula is C13H12BrF2NO2S. The molecule has 1 aromatic carbocycles. The number of carbonyl (C=O) groups is 2. The maximum absolute atomic E-state index is 13.8. The molecule has 0 saturated carbocycles. The lowest BCUT2D eigenvalue weighted by Crippen LogP contribution is -2.26. The number of rotatable bonds is 3. The van der Waals surface area contributed by atoms with Gasteiger partial charge < -0.3 is 4.90 Å². The van der Waals surface area contributed by atoms with Crippen molar-refractivity contribution in [2.45, 2.75) is 13.3 Å². The summed E-state index contributed by atoms with van der Waals surface area (Å²) in [7, 11) is 0. The van der Waals surface area contributed by atoms with Gasteiger partial charge in [-0.2, -0.15) is 0 Å². The van der Waals surface area contributed by atoms with Crippen LogP contribution in [-0.2, 0) is 9.59 Å². The Kier molecular flexibility index (Phi) is 4.80. The van der Waals surface area contributed by atoms with Gasteiger partial charge in [-0.15, -0.1) is 0 Å². The lowest BCUT2D eigenvalue weighted by Gasteiger charge is -2.18. The molecule has 108 valence electrons. The molecule has 0 aliphatic carbocycles. The number of anilines is 1. The summed E-state index contributed by atoms with van der Waals surface area (Å²) >= 11 is 4.04. The standard InChI is InChI=1S/C13H12BrF2NO2S/c1-7(18)20-6-8-2-13(19)17(5-8)12-4-10(15)9(14)3-11(12)16/h3-4,8H,2,5-6H2,1H3. The number of nitrogens with zero attached hydrogens (tertiary/aromatic N) is 1. The van der Waals surface area contributed by atoms with Crippen LogP contribution >= 0.6 is 27.7 Å². The second-order valence-electron chi connectivity index (χ2n) is 4.59. The molecule has 0 spiro atoms. The number of hydrogen-bond donors (Lipinski definition) is 0. The maximum atomic E-state index is 13.8. The van der Waals surface area contributed by atoms with E-state index in [9.17, 15) is 18.4 Å². The van der Waals surface area contributed by atoms with Gasteiger partial charge in [-0.25, -0.2) is 8.78 Å². The van der Waals surface area contributed by atoms with Gasteiger partial charge in [0, 0.05) is 31.7 Å². The van der Waals surface area contributed by atoms with Gasteiger partial charge in [-0.1, -0.05) is 11.8 Å². The van der Waals surface area contributed by atoms with Crippen LogP contribution in [0, 0.1) is 17.6 Å². The van der Waals surface area contributed by atoms with Gasteiger partial charge in [0.15, 0.2) is 5.12 Å². The van der Waals surface area contributed by atoms with Crippen LogP contribution in [0.25, 0.3) is 0 Å². The second kappa shape index (κ2) is 6.22. The summed E-state index contributed by atoms with van der Waals surface area (Å²) in [5.41, 5.74) is -0.0500. The normalized spacial score (nSPS) is 18.7. The summed E-state index contributed by atoms with van der Waals surface area (Å²) in [5, 5.41) is -0.0169. The summed E-state index contributed by atoms with van der Waals surface area (Å²) in [5.74, 6) is -1.03. The Morgan fingerprint density at radius 3 is 2.80 bits per heavy atom. The van der Waals surface area contributed by atoms with Crippen LogP contribution in [0.3, 0.4) is 0 Å². The number of halogens is 3. The topological polar surface area (TPSA) is 37.4 Å². The van der Waals surface area contributed by atoms with Gasteiger partial charge in [-0.3, -0.25) is 9.59 Å². The Bertz CT molecular complexity index is 568. The van der Waals surface area contributed by atoms with Crippen LogP contribution in [0.5, 0.6) is 0 Å². The third kappa shape index (κ3) is 3.38. The van der Waals surface area contributed by atoms with Crippen LogP contribution in [0.1, 0.15) is 13.3 Å². The first-order chi connectivity index (χ1) is 9.38. The van der Waals surface area contributed by atoms with E-state index in [1.54, 1.807) is 0 Å². The molecule has 3 nitrogen and oxygen atoms in total. The summed E-state index contributed by atoms with van der Waals surface area (Å²) in [6.45, 7) is 1.76. The molecule has 1 aliphatic heterocycles. The molecule has 0 bridgehead atoms. The van der Waals surface area contributed by atoms with E-state index in [1.165, 1.54) is 11.8 Å². The predicted molar refractivity (Wildman–Crippen MR) is 77.7 cm³/mol. The molecule has 1 atom stereocenters. The maximum Gasteiger partial charge on any atom is 0.227 e. The highest BCUT2D eigenvalue weighted by molar-refractivity contribution is 9.10. The van der Waals surface area contributed by atoms with E-state index in [4.69, 9.17) is 0 Å². The fourth-order valence-electron chi connectivity index (χ4n) is 2.08. The number of carbonyl (C=O) groups excluding carboxylic acids is 2. The van der Waals surface area contributed by atoms with E-state index in [-0.39, 0.29) is 33.5 Å². The number of benzene rings is 1. The molecule has 1 amide bonds. The Balaban J connectivity index is 2.16. The van der Waals surface area contributed by atoms with Crippen molar-refractivity contribution >= 4 is 44.4 Å². The molecule has 0 N–H and O–H groups in total. The highest BCUT2D eigenvalue weighted by atomic mass is 79.9. The monoisotopic (exact) mass is 363 g/mol. The van der Waals surface area contributed by atoms with E-state index in [0.717, 1.165) is 23.9 Å². The number of thioether (sulfide) groups is 1. The van der Waals surface area contributed by atoms with Crippen molar-refractivity contribution in [2.75, 3.05) is 17.2 Å². The molecular weight excluding hydrogens is 352 g/mol. The Hall–Kier alpha value is -0.950. The molecule has 1 aromatic rings. The SMILES string of the molecule is CC(=O)SCC1CC(=O)N(c2cc(F)c(Br)cc2F)C1. The Labute approximate surface area is 127 Å². The van der Waals surface area contributed by atoms with Crippen LogP contribution in [0.4, 0.5) is 14.5 Å². The summed E-state index contributed by atoms with van der Waals surface area (Å²) in [4.78, 5) is 24.1. The third-order valence-corrected chi connectivity index (χ3v) is 4.66. The van der Waals surface area contributed by atoms with Crippen LogP contribution in [-0.4, -0.2) is 23.3 Å². The van der Waals surface area contributed by atoms with Crippen molar-refractivity contribution in [2.24, 2.45) is 5.92 Å². The van der Waals surface area contributed by atoms with Crippen LogP contribution in [0.2, 0.25) is 0 Å². The first kappa shape index (κ1) is 15.4. The average Bonchev–Trinajstić information content (AvgIpc) is 2.72. The van der Waals surface area contributed by atoms with E-state index in [1.807, 2.05) is 0 Å². The lowest BCUT2D eigenvalue weighted by atomic mass is 10.1. The number of amides is 1. The Morgan fingerprint density at radius 1 is 1.45 bits per heavy atom. The van der Waals surface area contributed by atoms with Crippen molar-refractivity contribution < 1.29 is 18.4 Å². The van der Waals surface area contributed by atoms with Gasteiger partial charge >= 0.3 is 0 Å². The minimum Gasteiger partial charge on any atom is -0.309 e. The largest absolute Gasteiger partial charge is 0.309 e. The molecule has 0 radical (unpaired) electrons. The summed E-state index contributed by atoms with van der Waals surface area (Å²) in [6.07, 6.45) is 0.247. The van der Waals surface area contributed by atoms with Crippen molar-refractivity contribution in [3.63, 3.8) is 0 Å². The lowest BCUT2D eigenvalue weighted by molar-refractivity contribution is -0.117. The minimum absolute atomic E-state index is 0.0169. The molecule has 1 fully saturated rings. The molecule has 1 saturated heterocycles. The zero-order valence-electron chi connectivity index (χ0n) is 10.7. The molecule has 2 rings (SSSR count). The Morgan fingerprint density at radius 2 is 2.15 bits per heavy atom. The molecule has 1 aliphatic rings. The third-order valence-electron chi connectivity index (χ3n) is 3.01. The van der Waals surface area contributed by atoms with Gasteiger partial charge in [-0.05, 0) is 27.9 Å². The molecule has 20 heavy (non-hydrogen) atoms.